The van der Waals surface area contributed by atoms with Crippen molar-refractivity contribution in [2.24, 2.45) is 0 Å². The number of carbonyl (C=O) groups is 2. The number of hydrogen-bond acceptors (Lipinski definition) is 2. The number of hydrogen-bond donors (Lipinski definition) is 1. The lowest BCUT2D eigenvalue weighted by Gasteiger charge is -2.34. The van der Waals surface area contributed by atoms with Gasteiger partial charge in [-0.3, -0.25) is 4.79 Å². The number of halogens is 1. The molecule has 2 amide bonds. The number of ketones is 1. The topological polar surface area (TPSA) is 49.4 Å². The van der Waals surface area contributed by atoms with Crippen LogP contribution >= 0.6 is 0 Å². The molecule has 1 aliphatic heterocycles. The van der Waals surface area contributed by atoms with E-state index in [2.05, 4.69) is 5.32 Å². The average molecular weight is 312 g/mol. The van der Waals surface area contributed by atoms with Crippen LogP contribution in [0.1, 0.15) is 24.4 Å². The van der Waals surface area contributed by atoms with Gasteiger partial charge in [0.15, 0.2) is 5.78 Å². The summed E-state index contributed by atoms with van der Waals surface area (Å²) in [6.45, 7) is 0.512. The van der Waals surface area contributed by atoms with Gasteiger partial charge in [0, 0.05) is 18.7 Å². The summed E-state index contributed by atoms with van der Waals surface area (Å²) >= 11 is 0. The van der Waals surface area contributed by atoms with Gasteiger partial charge in [0.05, 0.1) is 0 Å². The van der Waals surface area contributed by atoms with Crippen molar-refractivity contribution in [1.82, 2.24) is 4.90 Å². The number of anilines is 1. The molecule has 4 nitrogen and oxygen atoms in total. The highest BCUT2D eigenvalue weighted by molar-refractivity contribution is 5.95. The second-order valence-electron chi connectivity index (χ2n) is 5.51. The third kappa shape index (κ3) is 3.39. The lowest BCUT2D eigenvalue weighted by molar-refractivity contribution is -0.125. The average Bonchev–Trinajstić information content (AvgIpc) is 2.57. The number of piperidine rings is 1. The molecular weight excluding hydrogens is 295 g/mol. The van der Waals surface area contributed by atoms with Gasteiger partial charge >= 0.3 is 6.03 Å². The summed E-state index contributed by atoms with van der Waals surface area (Å²) in [5.41, 5.74) is 1.31. The van der Waals surface area contributed by atoms with Crippen molar-refractivity contribution in [3.05, 3.63) is 66.0 Å². The molecule has 0 spiro atoms. The van der Waals surface area contributed by atoms with Crippen LogP contribution in [-0.2, 0) is 4.79 Å². The Labute approximate surface area is 133 Å². The minimum atomic E-state index is -0.564. The standard InChI is InChI=1S/C18H17FN2O2/c19-14-8-10-15(11-9-14)20-18(23)21-12-4-7-16(22)17(21)13-5-2-1-3-6-13/h1-3,5-6,8-11,17H,4,7,12H2,(H,20,23). The highest BCUT2D eigenvalue weighted by atomic mass is 19.1. The van der Waals surface area contributed by atoms with Crippen LogP contribution in [0, 0.1) is 5.82 Å². The first-order valence-corrected chi connectivity index (χ1v) is 7.56. The van der Waals surface area contributed by atoms with E-state index in [4.69, 9.17) is 0 Å². The maximum atomic E-state index is 12.9. The summed E-state index contributed by atoms with van der Waals surface area (Å²) in [6.07, 6.45) is 1.12. The minimum absolute atomic E-state index is 0.0386. The van der Waals surface area contributed by atoms with Crippen molar-refractivity contribution >= 4 is 17.5 Å². The van der Waals surface area contributed by atoms with Crippen molar-refractivity contribution < 1.29 is 14.0 Å². The Hall–Kier alpha value is -2.69. The van der Waals surface area contributed by atoms with E-state index in [-0.39, 0.29) is 17.6 Å². The molecule has 1 N–H and O–H groups in total. The van der Waals surface area contributed by atoms with Gasteiger partial charge < -0.3 is 10.2 Å². The van der Waals surface area contributed by atoms with Gasteiger partial charge in [0.25, 0.3) is 0 Å². The van der Waals surface area contributed by atoms with Gasteiger partial charge in [0.1, 0.15) is 11.9 Å². The predicted octanol–water partition coefficient (Wildman–Crippen LogP) is 3.76. The van der Waals surface area contributed by atoms with E-state index in [9.17, 15) is 14.0 Å². The molecule has 0 aliphatic carbocycles. The van der Waals surface area contributed by atoms with Gasteiger partial charge in [-0.2, -0.15) is 0 Å². The molecule has 3 rings (SSSR count). The van der Waals surface area contributed by atoms with Crippen LogP contribution in [0.15, 0.2) is 54.6 Å². The van der Waals surface area contributed by atoms with Crippen LogP contribution in [0.25, 0.3) is 0 Å². The van der Waals surface area contributed by atoms with Gasteiger partial charge in [0.2, 0.25) is 0 Å². The second-order valence-corrected chi connectivity index (χ2v) is 5.51. The molecule has 1 saturated heterocycles. The molecule has 0 aromatic heterocycles. The number of likely N-dealkylation sites (tertiary alicyclic amines) is 1. The van der Waals surface area contributed by atoms with E-state index < -0.39 is 6.04 Å². The lowest BCUT2D eigenvalue weighted by Crippen LogP contribution is -2.45. The van der Waals surface area contributed by atoms with Crippen LogP contribution in [0.3, 0.4) is 0 Å². The third-order valence-electron chi connectivity index (χ3n) is 3.91. The number of nitrogens with one attached hydrogen (secondary N) is 1. The van der Waals surface area contributed by atoms with E-state index in [0.29, 0.717) is 25.1 Å². The molecule has 1 atom stereocenters. The van der Waals surface area contributed by atoms with E-state index >= 15 is 0 Å². The maximum Gasteiger partial charge on any atom is 0.322 e. The predicted molar refractivity (Wildman–Crippen MR) is 85.5 cm³/mol. The Morgan fingerprint density at radius 3 is 2.48 bits per heavy atom. The molecule has 23 heavy (non-hydrogen) atoms. The Morgan fingerprint density at radius 1 is 1.09 bits per heavy atom. The van der Waals surface area contributed by atoms with Crippen molar-refractivity contribution in [2.45, 2.75) is 18.9 Å². The van der Waals surface area contributed by atoms with Crippen LogP contribution in [0.2, 0.25) is 0 Å². The third-order valence-corrected chi connectivity index (χ3v) is 3.91. The normalized spacial score (nSPS) is 17.9. The first-order chi connectivity index (χ1) is 11.1. The quantitative estimate of drug-likeness (QED) is 0.918. The molecule has 1 aliphatic rings. The van der Waals surface area contributed by atoms with E-state index in [1.54, 1.807) is 4.90 Å². The summed E-state index contributed by atoms with van der Waals surface area (Å²) in [5, 5.41) is 2.73. The van der Waals surface area contributed by atoms with Crippen molar-refractivity contribution in [2.75, 3.05) is 11.9 Å². The summed E-state index contributed by atoms with van der Waals surface area (Å²) in [5.74, 6) is -0.324. The zero-order chi connectivity index (χ0) is 16.2. The van der Waals surface area contributed by atoms with Gasteiger partial charge in [-0.1, -0.05) is 30.3 Å². The summed E-state index contributed by atoms with van der Waals surface area (Å²) < 4.78 is 12.9. The van der Waals surface area contributed by atoms with Gasteiger partial charge in [-0.25, -0.2) is 9.18 Å². The molecule has 0 bridgehead atoms. The second kappa shape index (κ2) is 6.60. The summed E-state index contributed by atoms with van der Waals surface area (Å²) in [7, 11) is 0. The lowest BCUT2D eigenvalue weighted by atomic mass is 9.94. The molecular formula is C18H17FN2O2. The smallest absolute Gasteiger partial charge is 0.310 e. The molecule has 0 saturated carbocycles. The number of rotatable bonds is 2. The Bertz CT molecular complexity index is 701. The number of urea groups is 1. The Kier molecular flexibility index (Phi) is 4.37. The van der Waals surface area contributed by atoms with Crippen molar-refractivity contribution in [3.63, 3.8) is 0 Å². The number of carbonyl (C=O) groups excluding carboxylic acids is 2. The monoisotopic (exact) mass is 312 g/mol. The molecule has 1 fully saturated rings. The van der Waals surface area contributed by atoms with Crippen LogP contribution < -0.4 is 5.32 Å². The highest BCUT2D eigenvalue weighted by Crippen LogP contribution is 2.28. The zero-order valence-electron chi connectivity index (χ0n) is 12.5. The zero-order valence-corrected chi connectivity index (χ0v) is 12.5. The molecule has 0 radical (unpaired) electrons. The highest BCUT2D eigenvalue weighted by Gasteiger charge is 2.34. The Morgan fingerprint density at radius 2 is 1.78 bits per heavy atom. The van der Waals surface area contributed by atoms with E-state index in [1.807, 2.05) is 30.3 Å². The minimum Gasteiger partial charge on any atom is -0.310 e. The largest absolute Gasteiger partial charge is 0.322 e. The molecule has 2 aromatic rings. The fourth-order valence-corrected chi connectivity index (χ4v) is 2.81. The molecule has 118 valence electrons. The summed E-state index contributed by atoms with van der Waals surface area (Å²) in [4.78, 5) is 26.4. The maximum absolute atomic E-state index is 12.9. The first kappa shape index (κ1) is 15.2. The van der Waals surface area contributed by atoms with Crippen LogP contribution in [0.5, 0.6) is 0 Å². The van der Waals surface area contributed by atoms with Crippen LogP contribution in [0.4, 0.5) is 14.9 Å². The SMILES string of the molecule is O=C1CCCN(C(=O)Nc2ccc(F)cc2)C1c1ccccc1. The molecule has 5 heteroatoms. The Balaban J connectivity index is 1.82. The number of nitrogens with zero attached hydrogens (tertiary/aromatic N) is 1. The van der Waals surface area contributed by atoms with Crippen molar-refractivity contribution in [1.29, 1.82) is 0 Å². The number of amides is 2. The fourth-order valence-electron chi connectivity index (χ4n) is 2.81. The van der Waals surface area contributed by atoms with E-state index in [1.165, 1.54) is 24.3 Å². The van der Waals surface area contributed by atoms with Crippen molar-refractivity contribution in [3.8, 4) is 0 Å². The van der Waals surface area contributed by atoms with E-state index in [0.717, 1.165) is 5.56 Å². The number of benzene rings is 2. The molecule has 1 heterocycles. The number of Topliss-reactive ketones (excluding diaryl/α,β-unsaturated/α-hetero) is 1. The molecule has 2 aromatic carbocycles. The van der Waals surface area contributed by atoms with Crippen LogP contribution in [-0.4, -0.2) is 23.3 Å². The molecule has 1 unspecified atom stereocenters. The first-order valence-electron chi connectivity index (χ1n) is 7.56. The van der Waals surface area contributed by atoms with Gasteiger partial charge in [-0.15, -0.1) is 0 Å². The summed E-state index contributed by atoms with van der Waals surface area (Å²) in [6, 6.07) is 13.9. The fraction of sp³-hybridized carbons (Fsp3) is 0.222. The van der Waals surface area contributed by atoms with Gasteiger partial charge in [-0.05, 0) is 36.2 Å².